The van der Waals surface area contributed by atoms with Crippen molar-refractivity contribution >= 4 is 15.9 Å². The number of benzene rings is 2. The molecule has 148 valence electrons. The third kappa shape index (κ3) is 6.56. The summed E-state index contributed by atoms with van der Waals surface area (Å²) in [4.78, 5) is 2.56. The molecule has 5 heteroatoms. The molecule has 0 radical (unpaired) electrons. The van der Waals surface area contributed by atoms with Gasteiger partial charge in [0.25, 0.3) is 0 Å². The summed E-state index contributed by atoms with van der Waals surface area (Å²) in [7, 11) is -3.51. The lowest BCUT2D eigenvalue weighted by atomic mass is 10.1. The second kappa shape index (κ2) is 10.7. The van der Waals surface area contributed by atoms with Crippen LogP contribution in [0.15, 0.2) is 58.8 Å². The van der Waals surface area contributed by atoms with Crippen LogP contribution in [0.4, 0.5) is 0 Å². The molecule has 0 N–H and O–H groups in total. The molecule has 0 aliphatic heterocycles. The minimum atomic E-state index is -3.51. The quantitative estimate of drug-likeness (QED) is 0.589. The molecule has 4 nitrogen and oxygen atoms in total. The number of nitrogens with zero attached hydrogens (tertiary/aromatic N) is 1. The first-order valence-corrected chi connectivity index (χ1v) is 10.9. The Kier molecular flexibility index (Phi) is 8.31. The fourth-order valence-electron chi connectivity index (χ4n) is 2.60. The van der Waals surface area contributed by atoms with Gasteiger partial charge in [0.05, 0.1) is 4.90 Å². The molecule has 0 spiro atoms. The van der Waals surface area contributed by atoms with Crippen molar-refractivity contribution in [1.29, 1.82) is 0 Å². The summed E-state index contributed by atoms with van der Waals surface area (Å²) in [6.07, 6.45) is 1.62. The van der Waals surface area contributed by atoms with Crippen LogP contribution in [0, 0.1) is 11.8 Å². The Morgan fingerprint density at radius 3 is 2.21 bits per heavy atom. The van der Waals surface area contributed by atoms with E-state index in [1.54, 1.807) is 37.3 Å². The molecule has 2 rings (SSSR count). The number of hydrogen-bond acceptors (Lipinski definition) is 4. The average Bonchev–Trinajstić information content (AvgIpc) is 2.72. The van der Waals surface area contributed by atoms with Crippen molar-refractivity contribution in [1.82, 2.24) is 4.90 Å². The summed E-state index contributed by atoms with van der Waals surface area (Å²) in [5.41, 5.74) is 2.07. The molecule has 0 heterocycles. The Balaban J connectivity index is 2.04. The van der Waals surface area contributed by atoms with Gasteiger partial charge in [-0.3, -0.25) is 4.90 Å². The molecule has 0 saturated heterocycles. The summed E-state index contributed by atoms with van der Waals surface area (Å²) >= 11 is 0. The lowest BCUT2D eigenvalue weighted by Gasteiger charge is -2.17. The monoisotopic (exact) mass is 397 g/mol. The van der Waals surface area contributed by atoms with Crippen molar-refractivity contribution in [2.75, 3.05) is 19.7 Å². The van der Waals surface area contributed by atoms with Crippen LogP contribution >= 0.6 is 0 Å². The predicted molar refractivity (Wildman–Crippen MR) is 115 cm³/mol. The first-order valence-electron chi connectivity index (χ1n) is 9.35. The molecular formula is C23H27NO3S. The summed E-state index contributed by atoms with van der Waals surface area (Å²) in [6, 6.07) is 14.3. The van der Waals surface area contributed by atoms with E-state index in [-0.39, 0.29) is 11.5 Å². The Morgan fingerprint density at radius 1 is 1.00 bits per heavy atom. The largest absolute Gasteiger partial charge is 0.481 e. The molecular weight excluding hydrogens is 370 g/mol. The van der Waals surface area contributed by atoms with E-state index < -0.39 is 9.84 Å². The second-order valence-electron chi connectivity index (χ2n) is 6.24. The van der Waals surface area contributed by atoms with Crippen molar-refractivity contribution in [3.63, 3.8) is 0 Å². The molecule has 0 unspecified atom stereocenters. The number of hydrogen-bond donors (Lipinski definition) is 0. The minimum absolute atomic E-state index is 0.232. The van der Waals surface area contributed by atoms with Crippen LogP contribution in [-0.2, 0) is 16.4 Å². The van der Waals surface area contributed by atoms with Crippen LogP contribution in [0.25, 0.3) is 6.08 Å². The van der Waals surface area contributed by atoms with Gasteiger partial charge in [0.15, 0.2) is 9.84 Å². The first kappa shape index (κ1) is 21.7. The molecule has 0 amide bonds. The molecule has 2 aromatic carbocycles. The highest BCUT2D eigenvalue weighted by Gasteiger charge is 2.10. The van der Waals surface area contributed by atoms with Crippen molar-refractivity contribution in [2.45, 2.75) is 32.2 Å². The third-order valence-electron chi connectivity index (χ3n) is 4.36. The zero-order valence-electron chi connectivity index (χ0n) is 16.7. The average molecular weight is 398 g/mol. The van der Waals surface area contributed by atoms with Gasteiger partial charge in [0.1, 0.15) is 12.4 Å². The Bertz CT molecular complexity index is 930. The Hall–Kier alpha value is -2.55. The van der Waals surface area contributed by atoms with E-state index in [0.29, 0.717) is 5.75 Å². The fraction of sp³-hybridized carbons (Fsp3) is 0.304. The van der Waals surface area contributed by atoms with Crippen LogP contribution in [-0.4, -0.2) is 33.0 Å². The van der Waals surface area contributed by atoms with Gasteiger partial charge in [-0.15, -0.1) is 5.92 Å². The standard InChI is InChI=1S/C23H27NO3S/c1-4-7-17-27-22-12-14-23(15-13-22)28(25,26)18-16-20-8-10-21(11-9-20)19-24(5-2)6-3/h8-16,18H,5-6,17,19H2,1-3H3/b18-16+. The maximum atomic E-state index is 12.5. The Labute approximate surface area is 168 Å². The van der Waals surface area contributed by atoms with E-state index >= 15 is 0 Å². The van der Waals surface area contributed by atoms with Gasteiger partial charge in [-0.2, -0.15) is 0 Å². The van der Waals surface area contributed by atoms with E-state index in [9.17, 15) is 8.42 Å². The van der Waals surface area contributed by atoms with Crippen molar-refractivity contribution < 1.29 is 13.2 Å². The smallest absolute Gasteiger partial charge is 0.199 e. The predicted octanol–water partition coefficient (Wildman–Crippen LogP) is 4.38. The van der Waals surface area contributed by atoms with Gasteiger partial charge in [0.2, 0.25) is 0 Å². The number of sulfone groups is 1. The van der Waals surface area contributed by atoms with E-state index in [0.717, 1.165) is 25.2 Å². The third-order valence-corrected chi connectivity index (χ3v) is 5.78. The molecule has 0 fully saturated rings. The summed E-state index contributed by atoms with van der Waals surface area (Å²) in [5, 5.41) is 1.24. The maximum Gasteiger partial charge on any atom is 0.199 e. The zero-order chi connectivity index (χ0) is 20.4. The summed E-state index contributed by atoms with van der Waals surface area (Å²) in [6.45, 7) is 9.22. The maximum absolute atomic E-state index is 12.5. The topological polar surface area (TPSA) is 46.6 Å². The highest BCUT2D eigenvalue weighted by atomic mass is 32.2. The minimum Gasteiger partial charge on any atom is -0.481 e. The normalized spacial score (nSPS) is 11.4. The summed E-state index contributed by atoms with van der Waals surface area (Å²) < 4.78 is 30.4. The van der Waals surface area contributed by atoms with Crippen molar-refractivity contribution in [3.05, 3.63) is 65.1 Å². The van der Waals surface area contributed by atoms with Crippen LogP contribution in [0.3, 0.4) is 0 Å². The van der Waals surface area contributed by atoms with Gasteiger partial charge in [-0.1, -0.05) is 44.0 Å². The van der Waals surface area contributed by atoms with E-state index in [1.807, 2.05) is 24.3 Å². The lowest BCUT2D eigenvalue weighted by Crippen LogP contribution is -2.21. The highest BCUT2D eigenvalue weighted by molar-refractivity contribution is 7.94. The van der Waals surface area contributed by atoms with Crippen LogP contribution < -0.4 is 4.74 Å². The molecule has 0 saturated carbocycles. The van der Waals surface area contributed by atoms with Crippen LogP contribution in [0.1, 0.15) is 31.9 Å². The van der Waals surface area contributed by atoms with Gasteiger partial charge in [-0.25, -0.2) is 8.42 Å². The SMILES string of the molecule is CC#CCOc1ccc(S(=O)(=O)/C=C/c2ccc(CN(CC)CC)cc2)cc1. The Morgan fingerprint density at radius 2 is 1.64 bits per heavy atom. The van der Waals surface area contributed by atoms with Crippen molar-refractivity contribution in [2.24, 2.45) is 0 Å². The van der Waals surface area contributed by atoms with E-state index in [1.165, 1.54) is 11.0 Å². The lowest BCUT2D eigenvalue weighted by molar-refractivity contribution is 0.296. The van der Waals surface area contributed by atoms with Gasteiger partial charge < -0.3 is 4.74 Å². The van der Waals surface area contributed by atoms with Gasteiger partial charge >= 0.3 is 0 Å². The molecule has 0 aliphatic rings. The van der Waals surface area contributed by atoms with Gasteiger partial charge in [0, 0.05) is 12.0 Å². The van der Waals surface area contributed by atoms with E-state index in [2.05, 4.69) is 30.6 Å². The molecule has 28 heavy (non-hydrogen) atoms. The highest BCUT2D eigenvalue weighted by Crippen LogP contribution is 2.19. The van der Waals surface area contributed by atoms with Crippen LogP contribution in [0.5, 0.6) is 5.75 Å². The fourth-order valence-corrected chi connectivity index (χ4v) is 3.61. The number of ether oxygens (including phenoxy) is 1. The molecule has 0 atom stereocenters. The zero-order valence-corrected chi connectivity index (χ0v) is 17.5. The van der Waals surface area contributed by atoms with Crippen molar-refractivity contribution in [3.8, 4) is 17.6 Å². The molecule has 0 aromatic heterocycles. The second-order valence-corrected chi connectivity index (χ2v) is 8.07. The summed E-state index contributed by atoms with van der Waals surface area (Å²) in [5.74, 6) is 6.13. The van der Waals surface area contributed by atoms with Crippen LogP contribution in [0.2, 0.25) is 0 Å². The van der Waals surface area contributed by atoms with Gasteiger partial charge in [-0.05, 0) is 61.5 Å². The molecule has 2 aromatic rings. The number of rotatable bonds is 9. The first-order chi connectivity index (χ1) is 13.5. The van der Waals surface area contributed by atoms with E-state index in [4.69, 9.17) is 4.74 Å². The molecule has 0 bridgehead atoms. The molecule has 0 aliphatic carbocycles.